The summed E-state index contributed by atoms with van der Waals surface area (Å²) in [4.78, 5) is 25.5. The number of amides is 1. The summed E-state index contributed by atoms with van der Waals surface area (Å²) in [7, 11) is 0. The standard InChI is InChI=1S/C23H27N5O3/c1-16(22(29)24-17-7-8-20-21(15-17)31-14-13-30-20)27-9-4-10-28(12-11-27)23-25-18-5-2-3-6-19(18)26-23/h2-3,5-8,15-16H,4,9-14H2,1H3,(H,24,29)(H,25,26). The largest absolute Gasteiger partial charge is 0.486 e. The smallest absolute Gasteiger partial charge is 0.241 e. The number of para-hydroxylation sites is 2. The molecule has 1 atom stereocenters. The molecule has 2 aliphatic rings. The first-order valence-corrected chi connectivity index (χ1v) is 10.8. The van der Waals surface area contributed by atoms with E-state index in [4.69, 9.17) is 14.5 Å². The zero-order valence-corrected chi connectivity index (χ0v) is 17.6. The number of carbonyl (C=O) groups excluding carboxylic acids is 1. The topological polar surface area (TPSA) is 82.7 Å². The molecule has 0 radical (unpaired) electrons. The van der Waals surface area contributed by atoms with Crippen molar-refractivity contribution in [2.75, 3.05) is 49.6 Å². The van der Waals surface area contributed by atoms with Crippen LogP contribution in [0, 0.1) is 0 Å². The Labute approximate surface area is 181 Å². The van der Waals surface area contributed by atoms with Gasteiger partial charge in [-0.15, -0.1) is 0 Å². The van der Waals surface area contributed by atoms with Crippen LogP contribution in [0.2, 0.25) is 0 Å². The number of H-pyrrole nitrogens is 1. The fourth-order valence-electron chi connectivity index (χ4n) is 4.16. The maximum Gasteiger partial charge on any atom is 0.241 e. The van der Waals surface area contributed by atoms with Gasteiger partial charge in [-0.2, -0.15) is 0 Å². The van der Waals surface area contributed by atoms with Gasteiger partial charge in [-0.05, 0) is 37.6 Å². The highest BCUT2D eigenvalue weighted by Crippen LogP contribution is 2.32. The Bertz CT molecular complexity index is 1050. The monoisotopic (exact) mass is 421 g/mol. The Kier molecular flexibility index (Phi) is 5.38. The first kappa shape index (κ1) is 19.7. The number of carbonyl (C=O) groups is 1. The average Bonchev–Trinajstić information content (AvgIpc) is 3.08. The molecule has 2 aromatic carbocycles. The number of anilines is 2. The minimum Gasteiger partial charge on any atom is -0.486 e. The Morgan fingerprint density at radius 1 is 1.06 bits per heavy atom. The number of rotatable bonds is 4. The summed E-state index contributed by atoms with van der Waals surface area (Å²) in [5.74, 6) is 2.27. The van der Waals surface area contributed by atoms with Gasteiger partial charge in [0.15, 0.2) is 11.5 Å². The van der Waals surface area contributed by atoms with E-state index in [0.29, 0.717) is 19.0 Å². The second kappa shape index (κ2) is 8.47. The first-order chi connectivity index (χ1) is 15.2. The van der Waals surface area contributed by atoms with E-state index in [0.717, 1.165) is 61.0 Å². The molecule has 0 aliphatic carbocycles. The predicted molar refractivity (Wildman–Crippen MR) is 120 cm³/mol. The van der Waals surface area contributed by atoms with Gasteiger partial charge in [-0.25, -0.2) is 4.98 Å². The number of benzene rings is 2. The minimum absolute atomic E-state index is 0.0196. The van der Waals surface area contributed by atoms with Crippen molar-refractivity contribution in [2.45, 2.75) is 19.4 Å². The lowest BCUT2D eigenvalue weighted by Crippen LogP contribution is -2.44. The van der Waals surface area contributed by atoms with Crippen molar-refractivity contribution >= 4 is 28.6 Å². The van der Waals surface area contributed by atoms with Crippen LogP contribution in [0.5, 0.6) is 11.5 Å². The number of fused-ring (bicyclic) bond motifs is 2. The van der Waals surface area contributed by atoms with Crippen molar-refractivity contribution in [3.63, 3.8) is 0 Å². The van der Waals surface area contributed by atoms with Crippen molar-refractivity contribution < 1.29 is 14.3 Å². The summed E-state index contributed by atoms with van der Waals surface area (Å²) in [6.07, 6.45) is 0.971. The molecule has 1 amide bonds. The van der Waals surface area contributed by atoms with E-state index < -0.39 is 0 Å². The Hall–Kier alpha value is -3.26. The minimum atomic E-state index is -0.233. The summed E-state index contributed by atoms with van der Waals surface area (Å²) >= 11 is 0. The van der Waals surface area contributed by atoms with Crippen molar-refractivity contribution in [3.8, 4) is 11.5 Å². The van der Waals surface area contributed by atoms with Crippen LogP contribution in [-0.2, 0) is 4.79 Å². The summed E-state index contributed by atoms with van der Waals surface area (Å²) in [5, 5.41) is 3.02. The van der Waals surface area contributed by atoms with Crippen molar-refractivity contribution in [1.82, 2.24) is 14.9 Å². The molecule has 0 spiro atoms. The number of imidazole rings is 1. The molecule has 1 saturated heterocycles. The van der Waals surface area contributed by atoms with Crippen LogP contribution in [0.4, 0.5) is 11.6 Å². The molecule has 162 valence electrons. The van der Waals surface area contributed by atoms with Crippen molar-refractivity contribution in [1.29, 1.82) is 0 Å². The summed E-state index contributed by atoms with van der Waals surface area (Å²) in [5.41, 5.74) is 2.75. The van der Waals surface area contributed by atoms with E-state index in [-0.39, 0.29) is 11.9 Å². The van der Waals surface area contributed by atoms with Crippen LogP contribution < -0.4 is 19.7 Å². The highest BCUT2D eigenvalue weighted by molar-refractivity contribution is 5.94. The second-order valence-electron chi connectivity index (χ2n) is 7.98. The molecule has 3 aromatic rings. The van der Waals surface area contributed by atoms with Crippen LogP contribution in [0.15, 0.2) is 42.5 Å². The van der Waals surface area contributed by atoms with E-state index in [1.165, 1.54) is 0 Å². The molecule has 2 N–H and O–H groups in total. The molecule has 1 unspecified atom stereocenters. The molecule has 1 aromatic heterocycles. The number of hydrogen-bond donors (Lipinski definition) is 2. The molecule has 2 aliphatic heterocycles. The zero-order valence-electron chi connectivity index (χ0n) is 17.6. The fraction of sp³-hybridized carbons (Fsp3) is 0.391. The fourth-order valence-corrected chi connectivity index (χ4v) is 4.16. The second-order valence-corrected chi connectivity index (χ2v) is 7.98. The van der Waals surface area contributed by atoms with Crippen LogP contribution in [0.1, 0.15) is 13.3 Å². The van der Waals surface area contributed by atoms with Gasteiger partial charge < -0.3 is 24.7 Å². The third-order valence-electron chi connectivity index (χ3n) is 5.94. The van der Waals surface area contributed by atoms with E-state index in [9.17, 15) is 4.79 Å². The Balaban J connectivity index is 1.21. The molecular formula is C23H27N5O3. The van der Waals surface area contributed by atoms with Gasteiger partial charge in [0.05, 0.1) is 17.1 Å². The third kappa shape index (κ3) is 4.16. The molecular weight excluding hydrogens is 394 g/mol. The van der Waals surface area contributed by atoms with Crippen molar-refractivity contribution in [2.24, 2.45) is 0 Å². The normalized spacial score (nSPS) is 17.9. The molecule has 31 heavy (non-hydrogen) atoms. The molecule has 8 nitrogen and oxygen atoms in total. The number of hydrogen-bond acceptors (Lipinski definition) is 6. The molecule has 8 heteroatoms. The number of nitrogens with zero attached hydrogens (tertiary/aromatic N) is 3. The van der Waals surface area contributed by atoms with Crippen LogP contribution in [-0.4, -0.2) is 66.2 Å². The van der Waals surface area contributed by atoms with E-state index in [2.05, 4.69) is 20.1 Å². The van der Waals surface area contributed by atoms with Crippen molar-refractivity contribution in [3.05, 3.63) is 42.5 Å². The number of nitrogens with one attached hydrogen (secondary N) is 2. The lowest BCUT2D eigenvalue weighted by atomic mass is 10.2. The molecule has 0 bridgehead atoms. The average molecular weight is 422 g/mol. The summed E-state index contributed by atoms with van der Waals surface area (Å²) in [6, 6.07) is 13.4. The van der Waals surface area contributed by atoms with Crippen LogP contribution in [0.3, 0.4) is 0 Å². The Morgan fingerprint density at radius 3 is 2.77 bits per heavy atom. The lowest BCUT2D eigenvalue weighted by molar-refractivity contribution is -0.120. The number of ether oxygens (including phenoxy) is 2. The molecule has 3 heterocycles. The number of aromatic nitrogens is 2. The quantitative estimate of drug-likeness (QED) is 0.674. The highest BCUT2D eigenvalue weighted by Gasteiger charge is 2.25. The molecule has 0 saturated carbocycles. The molecule has 1 fully saturated rings. The SMILES string of the molecule is CC(C(=O)Nc1ccc2c(c1)OCCO2)N1CCCN(c2nc3ccccc3[nH]2)CC1. The van der Waals surface area contributed by atoms with Crippen LogP contribution >= 0.6 is 0 Å². The Morgan fingerprint density at radius 2 is 1.90 bits per heavy atom. The van der Waals surface area contributed by atoms with Gasteiger partial charge >= 0.3 is 0 Å². The van der Waals surface area contributed by atoms with Crippen LogP contribution in [0.25, 0.3) is 11.0 Å². The van der Waals surface area contributed by atoms with Gasteiger partial charge in [0, 0.05) is 37.9 Å². The maximum absolute atomic E-state index is 12.9. The van der Waals surface area contributed by atoms with E-state index in [1.807, 2.05) is 49.4 Å². The van der Waals surface area contributed by atoms with Gasteiger partial charge in [0.2, 0.25) is 11.9 Å². The van der Waals surface area contributed by atoms with Gasteiger partial charge in [-0.1, -0.05) is 12.1 Å². The summed E-state index contributed by atoms with van der Waals surface area (Å²) in [6.45, 7) is 6.43. The zero-order chi connectivity index (χ0) is 21.2. The van der Waals surface area contributed by atoms with Gasteiger partial charge in [0.25, 0.3) is 0 Å². The maximum atomic E-state index is 12.9. The first-order valence-electron chi connectivity index (χ1n) is 10.8. The van der Waals surface area contributed by atoms with E-state index in [1.54, 1.807) is 0 Å². The lowest BCUT2D eigenvalue weighted by Gasteiger charge is -2.27. The predicted octanol–water partition coefficient (Wildman–Crippen LogP) is 2.87. The number of aromatic amines is 1. The molecule has 5 rings (SSSR count). The van der Waals surface area contributed by atoms with E-state index >= 15 is 0 Å². The third-order valence-corrected chi connectivity index (χ3v) is 5.94. The van der Waals surface area contributed by atoms with Gasteiger partial charge in [-0.3, -0.25) is 9.69 Å². The summed E-state index contributed by atoms with van der Waals surface area (Å²) < 4.78 is 11.2. The van der Waals surface area contributed by atoms with Gasteiger partial charge in [0.1, 0.15) is 13.2 Å². The highest BCUT2D eigenvalue weighted by atomic mass is 16.6.